The Morgan fingerprint density at radius 1 is 1.43 bits per heavy atom. The molecule has 0 aliphatic carbocycles. The molecule has 0 bridgehead atoms. The zero-order chi connectivity index (χ0) is 20.3. The minimum absolute atomic E-state index is 0.0831. The Bertz CT molecular complexity index is 972. The lowest BCUT2D eigenvalue weighted by molar-refractivity contribution is -0.120. The fraction of sp³-hybridized carbons (Fsp3) is 0.438. The van der Waals surface area contributed by atoms with Crippen molar-refractivity contribution in [3.8, 4) is 0 Å². The van der Waals surface area contributed by atoms with E-state index in [0.717, 1.165) is 22.7 Å². The van der Waals surface area contributed by atoms with E-state index >= 15 is 0 Å². The van der Waals surface area contributed by atoms with Crippen molar-refractivity contribution >= 4 is 61.3 Å². The molecule has 12 heteroatoms. The number of piperidine rings is 1. The summed E-state index contributed by atoms with van der Waals surface area (Å²) in [6, 6.07) is 3.01. The quantitative estimate of drug-likeness (QED) is 0.660. The van der Waals surface area contributed by atoms with E-state index < -0.39 is 21.9 Å². The summed E-state index contributed by atoms with van der Waals surface area (Å²) in [6.07, 6.45) is 1.14. The van der Waals surface area contributed by atoms with E-state index in [1.54, 1.807) is 6.92 Å². The highest BCUT2D eigenvalue weighted by atomic mass is 35.5. The Hall–Kier alpha value is -1.53. The van der Waals surface area contributed by atoms with Crippen molar-refractivity contribution in [3.63, 3.8) is 0 Å². The molecule has 28 heavy (non-hydrogen) atoms. The predicted octanol–water partition coefficient (Wildman–Crippen LogP) is 3.07. The van der Waals surface area contributed by atoms with Crippen LogP contribution in [-0.2, 0) is 19.6 Å². The van der Waals surface area contributed by atoms with Crippen LogP contribution in [0.15, 0.2) is 21.7 Å². The van der Waals surface area contributed by atoms with Crippen molar-refractivity contribution in [2.45, 2.75) is 24.0 Å². The number of thiazole rings is 1. The number of hydrogen-bond acceptors (Lipinski definition) is 8. The normalized spacial score (nSPS) is 18.0. The first kappa shape index (κ1) is 21.2. The third-order valence-electron chi connectivity index (χ3n) is 4.12. The van der Waals surface area contributed by atoms with Gasteiger partial charge < -0.3 is 10.1 Å². The number of sulfonamides is 1. The largest absolute Gasteiger partial charge is 0.461 e. The third-order valence-corrected chi connectivity index (χ3v) is 8.44. The zero-order valence-electron chi connectivity index (χ0n) is 14.9. The van der Waals surface area contributed by atoms with Gasteiger partial charge in [-0.15, -0.1) is 22.7 Å². The van der Waals surface area contributed by atoms with Gasteiger partial charge in [-0.05, 0) is 31.9 Å². The molecule has 0 unspecified atom stereocenters. The van der Waals surface area contributed by atoms with Crippen LogP contribution in [0.3, 0.4) is 0 Å². The second-order valence-electron chi connectivity index (χ2n) is 6.01. The molecule has 2 aromatic rings. The average molecular weight is 464 g/mol. The van der Waals surface area contributed by atoms with Crippen molar-refractivity contribution in [3.05, 3.63) is 27.5 Å². The van der Waals surface area contributed by atoms with Gasteiger partial charge in [-0.1, -0.05) is 11.6 Å². The number of ether oxygens (including phenoxy) is 1. The van der Waals surface area contributed by atoms with Gasteiger partial charge in [0.15, 0.2) is 10.8 Å². The molecule has 1 N–H and O–H groups in total. The summed E-state index contributed by atoms with van der Waals surface area (Å²) >= 11 is 7.96. The van der Waals surface area contributed by atoms with Crippen LogP contribution >= 0.6 is 34.3 Å². The van der Waals surface area contributed by atoms with Crippen LogP contribution in [-0.4, -0.2) is 49.3 Å². The summed E-state index contributed by atoms with van der Waals surface area (Å²) in [7, 11) is -3.68. The van der Waals surface area contributed by atoms with E-state index in [4.69, 9.17) is 16.3 Å². The van der Waals surface area contributed by atoms with Crippen LogP contribution in [0.4, 0.5) is 5.13 Å². The topological polar surface area (TPSA) is 106 Å². The van der Waals surface area contributed by atoms with Gasteiger partial charge in [-0.2, -0.15) is 4.31 Å². The van der Waals surface area contributed by atoms with E-state index in [1.807, 2.05) is 0 Å². The maximum Gasteiger partial charge on any atom is 0.357 e. The molecule has 3 heterocycles. The molecule has 1 atom stereocenters. The minimum Gasteiger partial charge on any atom is -0.461 e. The first-order valence-corrected chi connectivity index (χ1v) is 12.0. The summed E-state index contributed by atoms with van der Waals surface area (Å²) in [4.78, 5) is 28.3. The molecule has 1 saturated heterocycles. The van der Waals surface area contributed by atoms with Crippen LogP contribution in [0.2, 0.25) is 4.34 Å². The van der Waals surface area contributed by atoms with E-state index in [2.05, 4.69) is 10.3 Å². The number of esters is 1. The maximum absolute atomic E-state index is 12.8. The van der Waals surface area contributed by atoms with Crippen LogP contribution in [0, 0.1) is 5.92 Å². The summed E-state index contributed by atoms with van der Waals surface area (Å²) in [6.45, 7) is 2.37. The SMILES string of the molecule is CCOC(=O)c1csc(NC(=O)[C@@H]2CCCN(S(=O)(=O)c3ccc(Cl)s3)C2)n1. The Labute approximate surface area is 175 Å². The molecule has 2 aromatic heterocycles. The number of carbonyl (C=O) groups excluding carboxylic acids is 2. The predicted molar refractivity (Wildman–Crippen MR) is 108 cm³/mol. The van der Waals surface area contributed by atoms with Gasteiger partial charge in [0.1, 0.15) is 4.21 Å². The number of rotatable bonds is 6. The van der Waals surface area contributed by atoms with Gasteiger partial charge in [0.05, 0.1) is 16.9 Å². The fourth-order valence-corrected chi connectivity index (χ4v) is 6.62. The molecule has 0 spiro atoms. The van der Waals surface area contributed by atoms with Crippen LogP contribution in [0.1, 0.15) is 30.3 Å². The second-order valence-corrected chi connectivity index (χ2v) is 10.7. The highest BCUT2D eigenvalue weighted by molar-refractivity contribution is 7.91. The molecule has 152 valence electrons. The van der Waals surface area contributed by atoms with Crippen LogP contribution in [0.25, 0.3) is 0 Å². The summed E-state index contributed by atoms with van der Waals surface area (Å²) < 4.78 is 32.2. The van der Waals surface area contributed by atoms with E-state index in [1.165, 1.54) is 21.8 Å². The molecule has 1 amide bonds. The Morgan fingerprint density at radius 2 is 2.21 bits per heavy atom. The highest BCUT2D eigenvalue weighted by Gasteiger charge is 2.34. The first-order valence-electron chi connectivity index (χ1n) is 8.50. The summed E-state index contributed by atoms with van der Waals surface area (Å²) in [5.74, 6) is -1.38. The Morgan fingerprint density at radius 3 is 2.89 bits per heavy atom. The molecule has 8 nitrogen and oxygen atoms in total. The Kier molecular flexibility index (Phi) is 6.71. The van der Waals surface area contributed by atoms with E-state index in [9.17, 15) is 18.0 Å². The summed E-state index contributed by atoms with van der Waals surface area (Å²) in [5.41, 5.74) is 0.129. The van der Waals surface area contributed by atoms with E-state index in [-0.39, 0.29) is 34.1 Å². The van der Waals surface area contributed by atoms with Gasteiger partial charge >= 0.3 is 5.97 Å². The molecule has 0 radical (unpaired) electrons. The van der Waals surface area contributed by atoms with Gasteiger partial charge in [-0.25, -0.2) is 18.2 Å². The summed E-state index contributed by atoms with van der Waals surface area (Å²) in [5, 5.41) is 4.45. The van der Waals surface area contributed by atoms with Gasteiger partial charge in [0, 0.05) is 18.5 Å². The second kappa shape index (κ2) is 8.87. The van der Waals surface area contributed by atoms with Crippen molar-refractivity contribution in [2.75, 3.05) is 25.0 Å². The standard InChI is InChI=1S/C16H18ClN3O5S3/c1-2-25-15(22)11-9-26-16(18-11)19-14(21)10-4-3-7-20(8-10)28(23,24)13-6-5-12(17)27-13/h5-6,9-10H,2-4,7-8H2,1H3,(H,18,19,21)/t10-/m1/s1. The average Bonchev–Trinajstić information content (AvgIpc) is 3.31. The van der Waals surface area contributed by atoms with Crippen molar-refractivity contribution in [1.29, 1.82) is 0 Å². The number of halogens is 1. The first-order chi connectivity index (χ1) is 13.3. The number of thiophene rings is 1. The number of amides is 1. The van der Waals surface area contributed by atoms with Crippen LogP contribution in [0.5, 0.6) is 0 Å². The molecule has 1 aliphatic heterocycles. The van der Waals surface area contributed by atoms with Gasteiger partial charge in [-0.3, -0.25) is 4.79 Å². The van der Waals surface area contributed by atoms with E-state index in [0.29, 0.717) is 23.7 Å². The lowest BCUT2D eigenvalue weighted by Crippen LogP contribution is -2.43. The molecule has 1 aliphatic rings. The van der Waals surface area contributed by atoms with Crippen molar-refractivity contribution in [2.24, 2.45) is 5.92 Å². The van der Waals surface area contributed by atoms with Crippen LogP contribution < -0.4 is 5.32 Å². The number of nitrogens with one attached hydrogen (secondary N) is 1. The minimum atomic E-state index is -3.68. The lowest BCUT2D eigenvalue weighted by Gasteiger charge is -2.30. The van der Waals surface area contributed by atoms with Gasteiger partial charge in [0.25, 0.3) is 10.0 Å². The molecule has 0 aromatic carbocycles. The third kappa shape index (κ3) is 4.71. The van der Waals surface area contributed by atoms with Crippen molar-refractivity contribution in [1.82, 2.24) is 9.29 Å². The molecule has 1 fully saturated rings. The maximum atomic E-state index is 12.8. The number of aromatic nitrogens is 1. The highest BCUT2D eigenvalue weighted by Crippen LogP contribution is 2.31. The number of hydrogen-bond donors (Lipinski definition) is 1. The fourth-order valence-electron chi connectivity index (χ4n) is 2.78. The zero-order valence-corrected chi connectivity index (χ0v) is 18.1. The molecule has 3 rings (SSSR count). The number of nitrogens with zero attached hydrogens (tertiary/aromatic N) is 2. The lowest BCUT2D eigenvalue weighted by atomic mass is 9.99. The smallest absolute Gasteiger partial charge is 0.357 e. The molecular weight excluding hydrogens is 446 g/mol. The number of anilines is 1. The Balaban J connectivity index is 1.65. The van der Waals surface area contributed by atoms with Gasteiger partial charge in [0.2, 0.25) is 5.91 Å². The monoisotopic (exact) mass is 463 g/mol. The molecule has 0 saturated carbocycles. The number of carbonyl (C=O) groups is 2. The molecular formula is C16H18ClN3O5S3. The van der Waals surface area contributed by atoms with Crippen molar-refractivity contribution < 1.29 is 22.7 Å².